The van der Waals surface area contributed by atoms with Crippen molar-refractivity contribution < 1.29 is 29.7 Å². The molecule has 0 aliphatic carbocycles. The Morgan fingerprint density at radius 3 is 1.94 bits per heavy atom. The summed E-state index contributed by atoms with van der Waals surface area (Å²) < 4.78 is 0. The van der Waals surface area contributed by atoms with Crippen molar-refractivity contribution in [3.63, 3.8) is 0 Å². The summed E-state index contributed by atoms with van der Waals surface area (Å²) in [6.45, 7) is -1.16. The summed E-state index contributed by atoms with van der Waals surface area (Å²) in [6, 6.07) is -1.20. The van der Waals surface area contributed by atoms with Crippen LogP contribution in [0, 0.1) is 0 Å². The fraction of sp³-hybridized carbons (Fsp3) is 0.700. The van der Waals surface area contributed by atoms with Gasteiger partial charge >= 0.3 is 5.97 Å². The number of carbonyl (C=O) groups is 3. The molecule has 0 aromatic carbocycles. The zero-order chi connectivity index (χ0) is 14.1. The Labute approximate surface area is 104 Å². The molecule has 0 aromatic rings. The van der Waals surface area contributed by atoms with Crippen LogP contribution in [0.3, 0.4) is 0 Å². The maximum absolute atomic E-state index is 11.0. The van der Waals surface area contributed by atoms with Gasteiger partial charge in [0.25, 0.3) is 0 Å². The zero-order valence-corrected chi connectivity index (χ0v) is 9.83. The van der Waals surface area contributed by atoms with Crippen molar-refractivity contribution in [2.75, 3.05) is 19.6 Å². The molecule has 3 N–H and O–H groups in total. The predicted octanol–water partition coefficient (Wildman–Crippen LogP) is -3.63. The highest BCUT2D eigenvalue weighted by Gasteiger charge is 2.25. The molecule has 0 saturated carbocycles. The van der Waals surface area contributed by atoms with Gasteiger partial charge in [-0.3, -0.25) is 9.69 Å². The van der Waals surface area contributed by atoms with E-state index in [0.29, 0.717) is 19.4 Å². The Bertz CT molecular complexity index is 291. The minimum Gasteiger partial charge on any atom is -0.549 e. The molecule has 0 amide bonds. The lowest BCUT2D eigenvalue weighted by molar-refractivity contribution is -0.310. The molecule has 0 fully saturated rings. The van der Waals surface area contributed by atoms with Crippen LogP contribution in [-0.2, 0) is 14.4 Å². The lowest BCUT2D eigenvalue weighted by Crippen LogP contribution is -2.51. The molecule has 18 heavy (non-hydrogen) atoms. The number of hydrogen-bond acceptors (Lipinski definition) is 7. The van der Waals surface area contributed by atoms with Gasteiger partial charge in [0.05, 0.1) is 11.9 Å². The van der Waals surface area contributed by atoms with Crippen molar-refractivity contribution >= 4 is 17.9 Å². The molecule has 0 spiro atoms. The molecule has 0 aliphatic rings. The monoisotopic (exact) mass is 260 g/mol. The quantitative estimate of drug-likeness (QED) is 0.382. The van der Waals surface area contributed by atoms with Crippen molar-refractivity contribution in [2.45, 2.75) is 25.3 Å². The van der Waals surface area contributed by atoms with E-state index < -0.39 is 37.0 Å². The fourth-order valence-electron chi connectivity index (χ4n) is 1.55. The number of carboxylic acids is 3. The van der Waals surface area contributed by atoms with E-state index in [9.17, 15) is 24.6 Å². The second-order valence-electron chi connectivity index (χ2n) is 3.79. The van der Waals surface area contributed by atoms with Crippen LogP contribution in [0.2, 0.25) is 0 Å². The normalized spacial score (nSPS) is 12.3. The predicted molar refractivity (Wildman–Crippen MR) is 55.9 cm³/mol. The van der Waals surface area contributed by atoms with Gasteiger partial charge in [-0.2, -0.15) is 0 Å². The summed E-state index contributed by atoms with van der Waals surface area (Å²) >= 11 is 0. The van der Waals surface area contributed by atoms with E-state index in [-0.39, 0.29) is 6.42 Å². The molecule has 0 radical (unpaired) electrons. The molecule has 0 aromatic heterocycles. The Balaban J connectivity index is 4.67. The minimum absolute atomic E-state index is 0.118. The first-order valence-corrected chi connectivity index (χ1v) is 5.45. The summed E-state index contributed by atoms with van der Waals surface area (Å²) in [6.07, 6.45) is 1.16. The van der Waals surface area contributed by atoms with Crippen LogP contribution in [0.1, 0.15) is 19.3 Å². The van der Waals surface area contributed by atoms with Crippen LogP contribution in [0.5, 0.6) is 0 Å². The van der Waals surface area contributed by atoms with Crippen LogP contribution < -0.4 is 15.9 Å². The molecule has 0 aliphatic heterocycles. The molecule has 8 nitrogen and oxygen atoms in total. The Kier molecular flexibility index (Phi) is 7.64. The van der Waals surface area contributed by atoms with Crippen LogP contribution in [0.4, 0.5) is 0 Å². The molecular weight excluding hydrogens is 244 g/mol. The largest absolute Gasteiger partial charge is 0.549 e. The van der Waals surface area contributed by atoms with Gasteiger partial charge in [0.2, 0.25) is 0 Å². The van der Waals surface area contributed by atoms with Crippen molar-refractivity contribution in [1.29, 1.82) is 0 Å². The number of rotatable bonds is 10. The molecule has 8 heteroatoms. The van der Waals surface area contributed by atoms with Crippen molar-refractivity contribution in [3.05, 3.63) is 0 Å². The summed E-state index contributed by atoms with van der Waals surface area (Å²) in [7, 11) is 0. The summed E-state index contributed by atoms with van der Waals surface area (Å²) in [5.74, 6) is -4.36. The Morgan fingerprint density at radius 1 is 1.11 bits per heavy atom. The molecule has 0 saturated heterocycles. The number of carbonyl (C=O) groups excluding carboxylic acids is 2. The van der Waals surface area contributed by atoms with Crippen molar-refractivity contribution in [1.82, 2.24) is 4.90 Å². The van der Waals surface area contributed by atoms with E-state index in [4.69, 9.17) is 10.8 Å². The van der Waals surface area contributed by atoms with Crippen LogP contribution in [0.25, 0.3) is 0 Å². The Morgan fingerprint density at radius 2 is 1.61 bits per heavy atom. The van der Waals surface area contributed by atoms with E-state index in [0.717, 1.165) is 4.90 Å². The molecule has 1 unspecified atom stereocenters. The molecule has 0 heterocycles. The minimum atomic E-state index is -1.54. The van der Waals surface area contributed by atoms with Crippen molar-refractivity contribution in [2.24, 2.45) is 5.73 Å². The standard InChI is InChI=1S/C10H18N2O6/c11-4-2-1-3-7(10(17)18)12(5-8(13)14)6-9(15)16/h7H,1-6,11H2,(H,13,14)(H,15,16)(H,17,18)/p-2. The smallest absolute Gasteiger partial charge is 0.320 e. The van der Waals surface area contributed by atoms with E-state index in [1.165, 1.54) is 0 Å². The van der Waals surface area contributed by atoms with Gasteiger partial charge in [0.1, 0.15) is 6.04 Å². The maximum Gasteiger partial charge on any atom is 0.320 e. The van der Waals surface area contributed by atoms with Gasteiger partial charge in [-0.1, -0.05) is 6.42 Å². The third-order valence-electron chi connectivity index (χ3n) is 2.32. The summed E-state index contributed by atoms with van der Waals surface area (Å²) in [5.41, 5.74) is 5.26. The number of hydrogen-bond donors (Lipinski definition) is 2. The fourth-order valence-corrected chi connectivity index (χ4v) is 1.55. The molecule has 104 valence electrons. The number of aliphatic carboxylic acids is 3. The average Bonchev–Trinajstić information content (AvgIpc) is 2.21. The topological polar surface area (TPSA) is 147 Å². The third-order valence-corrected chi connectivity index (χ3v) is 2.32. The zero-order valence-electron chi connectivity index (χ0n) is 9.83. The second-order valence-corrected chi connectivity index (χ2v) is 3.79. The highest BCUT2D eigenvalue weighted by atomic mass is 16.4. The van der Waals surface area contributed by atoms with Crippen LogP contribution >= 0.6 is 0 Å². The second kappa shape index (κ2) is 8.43. The van der Waals surface area contributed by atoms with E-state index in [1.807, 2.05) is 0 Å². The molecule has 0 bridgehead atoms. The van der Waals surface area contributed by atoms with Crippen LogP contribution in [-0.4, -0.2) is 53.6 Å². The van der Waals surface area contributed by atoms with Gasteiger partial charge in [0, 0.05) is 13.1 Å². The highest BCUT2D eigenvalue weighted by molar-refractivity contribution is 5.77. The lowest BCUT2D eigenvalue weighted by Gasteiger charge is -2.29. The highest BCUT2D eigenvalue weighted by Crippen LogP contribution is 2.09. The van der Waals surface area contributed by atoms with E-state index in [1.54, 1.807) is 0 Å². The number of nitrogens with two attached hydrogens (primary N) is 1. The van der Waals surface area contributed by atoms with E-state index >= 15 is 0 Å². The molecule has 1 atom stereocenters. The van der Waals surface area contributed by atoms with E-state index in [2.05, 4.69) is 0 Å². The van der Waals surface area contributed by atoms with Gasteiger partial charge in [-0.25, -0.2) is 0 Å². The summed E-state index contributed by atoms with van der Waals surface area (Å²) in [5, 5.41) is 29.9. The van der Waals surface area contributed by atoms with Gasteiger partial charge in [-0.05, 0) is 19.4 Å². The number of unbranched alkanes of at least 4 members (excludes halogenated alkanes) is 1. The Hall–Kier alpha value is -1.67. The SMILES string of the molecule is NCCCCC(C(=O)O)N(CC(=O)[O-])CC(=O)[O-]. The summed E-state index contributed by atoms with van der Waals surface area (Å²) in [4.78, 5) is 32.7. The number of nitrogens with zero attached hydrogens (tertiary/aromatic N) is 1. The molecular formula is C10H16N2O6-2. The average molecular weight is 260 g/mol. The maximum atomic E-state index is 11.0. The van der Waals surface area contributed by atoms with Crippen molar-refractivity contribution in [3.8, 4) is 0 Å². The van der Waals surface area contributed by atoms with Crippen LogP contribution in [0.15, 0.2) is 0 Å². The first kappa shape index (κ1) is 16.3. The van der Waals surface area contributed by atoms with Gasteiger partial charge < -0.3 is 30.6 Å². The first-order valence-electron chi connectivity index (χ1n) is 5.45. The lowest BCUT2D eigenvalue weighted by atomic mass is 10.1. The third kappa shape index (κ3) is 6.81. The van der Waals surface area contributed by atoms with Gasteiger partial charge in [0.15, 0.2) is 0 Å². The number of carboxylic acid groups (broad SMARTS) is 3. The first-order chi connectivity index (χ1) is 8.38. The molecule has 0 rings (SSSR count). The van der Waals surface area contributed by atoms with Gasteiger partial charge in [-0.15, -0.1) is 0 Å².